The fraction of sp³-hybridized carbons (Fsp3) is 0.471. The number of anilines is 1. The summed E-state index contributed by atoms with van der Waals surface area (Å²) in [6, 6.07) is 8.31. The van der Waals surface area contributed by atoms with E-state index in [1.807, 2.05) is 22.7 Å². The van der Waals surface area contributed by atoms with Crippen LogP contribution in [-0.4, -0.2) is 64.7 Å². The molecule has 1 N–H and O–H groups in total. The second-order valence-electron chi connectivity index (χ2n) is 6.26. The molecule has 4 rings (SSSR count). The highest BCUT2D eigenvalue weighted by molar-refractivity contribution is 5.82. The Bertz CT molecular complexity index is 823. The van der Waals surface area contributed by atoms with E-state index in [2.05, 4.69) is 44.9 Å². The molecule has 0 bridgehead atoms. The van der Waals surface area contributed by atoms with Gasteiger partial charge in [-0.05, 0) is 28.5 Å². The minimum absolute atomic E-state index is 0.0533. The van der Waals surface area contributed by atoms with Gasteiger partial charge in [0.2, 0.25) is 5.95 Å². The lowest BCUT2D eigenvalue weighted by atomic mass is 10.1. The van der Waals surface area contributed by atoms with Crippen molar-refractivity contribution in [2.24, 2.45) is 0 Å². The second-order valence-corrected chi connectivity index (χ2v) is 6.26. The molecule has 1 aliphatic heterocycles. The molecular weight excluding hydrogens is 320 g/mol. The van der Waals surface area contributed by atoms with Crippen LogP contribution < -0.4 is 4.90 Å². The highest BCUT2D eigenvalue weighted by atomic mass is 16.6. The van der Waals surface area contributed by atoms with Crippen molar-refractivity contribution in [1.29, 1.82) is 0 Å². The number of aromatic amines is 1. The van der Waals surface area contributed by atoms with Crippen LogP contribution in [0.2, 0.25) is 0 Å². The number of hydrogen-bond donors (Lipinski definition) is 1. The third-order valence-electron chi connectivity index (χ3n) is 4.48. The van der Waals surface area contributed by atoms with Crippen molar-refractivity contribution in [2.45, 2.75) is 19.1 Å². The van der Waals surface area contributed by atoms with Gasteiger partial charge in [-0.2, -0.15) is 0 Å². The van der Waals surface area contributed by atoms with Crippen molar-refractivity contribution in [3.05, 3.63) is 36.0 Å². The zero-order valence-corrected chi connectivity index (χ0v) is 14.3. The van der Waals surface area contributed by atoms with E-state index in [-0.39, 0.29) is 6.10 Å². The van der Waals surface area contributed by atoms with Crippen LogP contribution in [0.15, 0.2) is 30.5 Å². The minimum atomic E-state index is 0.0533. The number of nitrogens with one attached hydrogen (secondary N) is 1. The van der Waals surface area contributed by atoms with E-state index < -0.39 is 0 Å². The number of likely N-dealkylation sites (N-methyl/N-ethyl adjacent to an activating group) is 1. The number of H-pyrrole nitrogens is 1. The number of aromatic nitrogens is 5. The van der Waals surface area contributed by atoms with Gasteiger partial charge in [-0.3, -0.25) is 0 Å². The Balaban J connectivity index is 1.42. The molecule has 0 saturated carbocycles. The maximum atomic E-state index is 5.70. The number of nitrogens with zero attached hydrogens (tertiary/aromatic N) is 5. The lowest BCUT2D eigenvalue weighted by molar-refractivity contribution is -0.0838. The molecule has 1 atom stereocenters. The molecule has 0 radical (unpaired) electrons. The maximum Gasteiger partial charge on any atom is 0.245 e. The first kappa shape index (κ1) is 16.0. The Kier molecular flexibility index (Phi) is 4.62. The van der Waals surface area contributed by atoms with Crippen molar-refractivity contribution in [3.8, 4) is 0 Å². The number of rotatable bonds is 6. The van der Waals surface area contributed by atoms with Crippen LogP contribution in [-0.2, 0) is 22.4 Å². The Morgan fingerprint density at radius 2 is 2.24 bits per heavy atom. The molecule has 1 aromatic carbocycles. The molecule has 3 heterocycles. The van der Waals surface area contributed by atoms with Crippen molar-refractivity contribution >= 4 is 16.9 Å². The van der Waals surface area contributed by atoms with Crippen LogP contribution in [0.5, 0.6) is 0 Å². The number of tetrazole rings is 1. The summed E-state index contributed by atoms with van der Waals surface area (Å²) in [6.07, 6.45) is 2.97. The molecule has 0 unspecified atom stereocenters. The molecule has 1 saturated heterocycles. The quantitative estimate of drug-likeness (QED) is 0.726. The predicted molar refractivity (Wildman–Crippen MR) is 93.6 cm³/mol. The number of benzene rings is 1. The van der Waals surface area contributed by atoms with E-state index in [4.69, 9.17) is 9.47 Å². The highest BCUT2D eigenvalue weighted by Gasteiger charge is 2.20. The fourth-order valence-electron chi connectivity index (χ4n) is 3.21. The molecule has 8 nitrogen and oxygen atoms in total. The standard InChI is InChI=1S/C17H22N6O2/c1-22(11-14-12-24-8-9-25-14)17-19-20-21-23(17)7-6-13-10-18-16-5-3-2-4-15(13)16/h2-5,10,14,18H,6-9,11-12H2,1H3/t14-/m0/s1. The average Bonchev–Trinajstić information content (AvgIpc) is 3.27. The lowest BCUT2D eigenvalue weighted by Gasteiger charge is -2.27. The summed E-state index contributed by atoms with van der Waals surface area (Å²) in [5.74, 6) is 0.744. The predicted octanol–water partition coefficient (Wildman–Crippen LogP) is 1.25. The van der Waals surface area contributed by atoms with Crippen molar-refractivity contribution in [1.82, 2.24) is 25.2 Å². The summed E-state index contributed by atoms with van der Waals surface area (Å²) in [7, 11) is 1.98. The smallest absolute Gasteiger partial charge is 0.245 e. The van der Waals surface area contributed by atoms with E-state index in [9.17, 15) is 0 Å². The number of fused-ring (bicyclic) bond motifs is 1. The monoisotopic (exact) mass is 342 g/mol. The van der Waals surface area contributed by atoms with E-state index in [1.165, 1.54) is 10.9 Å². The summed E-state index contributed by atoms with van der Waals surface area (Å²) in [5.41, 5.74) is 2.42. The third-order valence-corrected chi connectivity index (χ3v) is 4.48. The van der Waals surface area contributed by atoms with Crippen LogP contribution in [0.3, 0.4) is 0 Å². The molecule has 132 valence electrons. The number of para-hydroxylation sites is 1. The molecule has 2 aromatic heterocycles. The summed E-state index contributed by atoms with van der Waals surface area (Å²) >= 11 is 0. The van der Waals surface area contributed by atoms with Gasteiger partial charge < -0.3 is 19.4 Å². The van der Waals surface area contributed by atoms with Crippen molar-refractivity contribution in [3.63, 3.8) is 0 Å². The number of hydrogen-bond acceptors (Lipinski definition) is 6. The fourth-order valence-corrected chi connectivity index (χ4v) is 3.21. The van der Waals surface area contributed by atoms with Crippen LogP contribution in [0.1, 0.15) is 5.56 Å². The van der Waals surface area contributed by atoms with Crippen LogP contribution >= 0.6 is 0 Å². The SMILES string of the molecule is CN(C[C@H]1COCCO1)c1nnnn1CCc1c[nH]c2ccccc12. The summed E-state index contributed by atoms with van der Waals surface area (Å²) in [5, 5.41) is 13.4. The molecule has 25 heavy (non-hydrogen) atoms. The van der Waals surface area contributed by atoms with Gasteiger partial charge in [0.25, 0.3) is 0 Å². The van der Waals surface area contributed by atoms with Gasteiger partial charge in [-0.15, -0.1) is 0 Å². The van der Waals surface area contributed by atoms with Crippen LogP contribution in [0.4, 0.5) is 5.95 Å². The van der Waals surface area contributed by atoms with Gasteiger partial charge in [0.1, 0.15) is 0 Å². The number of ether oxygens (including phenoxy) is 2. The molecule has 0 spiro atoms. The molecule has 1 fully saturated rings. The van der Waals surface area contributed by atoms with E-state index in [0.717, 1.165) is 24.4 Å². The average molecular weight is 342 g/mol. The third kappa shape index (κ3) is 3.49. The maximum absolute atomic E-state index is 5.70. The topological polar surface area (TPSA) is 81.1 Å². The lowest BCUT2D eigenvalue weighted by Crippen LogP contribution is -2.39. The summed E-state index contributed by atoms with van der Waals surface area (Å²) in [6.45, 7) is 3.35. The highest BCUT2D eigenvalue weighted by Crippen LogP contribution is 2.19. The molecule has 0 amide bonds. The Morgan fingerprint density at radius 1 is 1.32 bits per heavy atom. The zero-order chi connectivity index (χ0) is 17.1. The van der Waals surface area contributed by atoms with Crippen LogP contribution in [0, 0.1) is 0 Å². The van der Waals surface area contributed by atoms with E-state index >= 15 is 0 Å². The molecule has 1 aliphatic rings. The summed E-state index contributed by atoms with van der Waals surface area (Å²) < 4.78 is 13.0. The molecule has 3 aromatic rings. The van der Waals surface area contributed by atoms with Gasteiger partial charge >= 0.3 is 0 Å². The first-order valence-electron chi connectivity index (χ1n) is 8.53. The molecule has 8 heteroatoms. The van der Waals surface area contributed by atoms with Gasteiger partial charge in [-0.25, -0.2) is 4.68 Å². The Morgan fingerprint density at radius 3 is 3.12 bits per heavy atom. The molecular formula is C17H22N6O2. The minimum Gasteiger partial charge on any atom is -0.376 e. The normalized spacial score (nSPS) is 17.9. The Labute approximate surface area is 145 Å². The van der Waals surface area contributed by atoms with Crippen molar-refractivity contribution < 1.29 is 9.47 Å². The van der Waals surface area contributed by atoms with Crippen LogP contribution in [0.25, 0.3) is 10.9 Å². The van der Waals surface area contributed by atoms with Gasteiger partial charge in [-0.1, -0.05) is 23.3 Å². The first-order valence-corrected chi connectivity index (χ1v) is 8.53. The van der Waals surface area contributed by atoms with Gasteiger partial charge in [0, 0.05) is 30.7 Å². The molecule has 0 aliphatic carbocycles. The summed E-state index contributed by atoms with van der Waals surface area (Å²) in [4.78, 5) is 5.33. The first-order chi connectivity index (χ1) is 12.3. The van der Waals surface area contributed by atoms with Gasteiger partial charge in [0.05, 0.1) is 32.5 Å². The zero-order valence-electron chi connectivity index (χ0n) is 14.3. The number of aryl methyl sites for hydroxylation is 2. The second kappa shape index (κ2) is 7.20. The van der Waals surface area contributed by atoms with Crippen molar-refractivity contribution in [2.75, 3.05) is 38.3 Å². The Hall–Kier alpha value is -2.45. The van der Waals surface area contributed by atoms with Gasteiger partial charge in [0.15, 0.2) is 0 Å². The largest absolute Gasteiger partial charge is 0.376 e. The van der Waals surface area contributed by atoms with E-state index in [0.29, 0.717) is 26.4 Å². The van der Waals surface area contributed by atoms with E-state index in [1.54, 1.807) is 0 Å².